The summed E-state index contributed by atoms with van der Waals surface area (Å²) >= 11 is 0. The summed E-state index contributed by atoms with van der Waals surface area (Å²) in [4.78, 5) is 2.09. The Balaban J connectivity index is 2.07. The van der Waals surface area contributed by atoms with Gasteiger partial charge in [0.1, 0.15) is 11.4 Å². The van der Waals surface area contributed by atoms with Gasteiger partial charge in [-0.15, -0.1) is 0 Å². The quantitative estimate of drug-likeness (QED) is 0.907. The Morgan fingerprint density at radius 1 is 1.24 bits per heavy atom. The van der Waals surface area contributed by atoms with E-state index in [9.17, 15) is 9.50 Å². The number of benzene rings is 2. The first kappa shape index (κ1) is 17.6. The lowest BCUT2D eigenvalue weighted by atomic mass is 9.81. The second-order valence-corrected chi connectivity index (χ2v) is 6.62. The molecule has 4 nitrogen and oxygen atoms in total. The van der Waals surface area contributed by atoms with Crippen LogP contribution in [0.1, 0.15) is 41.4 Å². The average molecular weight is 340 g/mol. The molecule has 0 bridgehead atoms. The molecule has 0 spiro atoms. The summed E-state index contributed by atoms with van der Waals surface area (Å²) < 4.78 is 19.4. The maximum absolute atomic E-state index is 13.4. The topological polar surface area (TPSA) is 56.5 Å². The number of halogens is 1. The number of hydrogen-bond donors (Lipinski definition) is 1. The van der Waals surface area contributed by atoms with Gasteiger partial charge in [0.2, 0.25) is 0 Å². The van der Waals surface area contributed by atoms with Crippen molar-refractivity contribution in [1.29, 1.82) is 5.26 Å². The molecule has 1 aliphatic heterocycles. The Morgan fingerprint density at radius 3 is 2.60 bits per heavy atom. The van der Waals surface area contributed by atoms with Crippen LogP contribution in [0.2, 0.25) is 0 Å². The predicted molar refractivity (Wildman–Crippen MR) is 92.2 cm³/mol. The molecular formula is C20H21FN2O2. The number of aliphatic hydroxyl groups is 1. The third-order valence-electron chi connectivity index (χ3n) is 4.64. The molecule has 2 aromatic carbocycles. The molecule has 5 heteroatoms. The van der Waals surface area contributed by atoms with Crippen LogP contribution in [0.4, 0.5) is 4.39 Å². The van der Waals surface area contributed by atoms with Crippen molar-refractivity contribution in [1.82, 2.24) is 4.90 Å². The van der Waals surface area contributed by atoms with Crippen molar-refractivity contribution in [2.24, 2.45) is 0 Å². The van der Waals surface area contributed by atoms with Gasteiger partial charge >= 0.3 is 0 Å². The minimum atomic E-state index is -1.10. The Kier molecular flexibility index (Phi) is 4.87. The smallest absolute Gasteiger partial charge is 0.183 e. The van der Waals surface area contributed by atoms with E-state index in [0.717, 1.165) is 24.1 Å². The molecule has 1 N–H and O–H groups in total. The minimum absolute atomic E-state index is 0.314. The van der Waals surface area contributed by atoms with Crippen molar-refractivity contribution in [3.63, 3.8) is 0 Å². The molecule has 0 aliphatic carbocycles. The normalized spacial score (nSPS) is 22.0. The van der Waals surface area contributed by atoms with Gasteiger partial charge in [-0.05, 0) is 68.9 Å². The van der Waals surface area contributed by atoms with Gasteiger partial charge in [-0.3, -0.25) is 0 Å². The summed E-state index contributed by atoms with van der Waals surface area (Å²) in [5.41, 5.74) is 1.88. The van der Waals surface area contributed by atoms with Crippen LogP contribution in [0.5, 0.6) is 0 Å². The molecule has 1 unspecified atom stereocenters. The number of nitriles is 1. The fourth-order valence-electron chi connectivity index (χ4n) is 3.45. The molecule has 1 heterocycles. The van der Waals surface area contributed by atoms with Crippen molar-refractivity contribution in [3.05, 3.63) is 70.5 Å². The lowest BCUT2D eigenvalue weighted by Crippen LogP contribution is -2.29. The van der Waals surface area contributed by atoms with E-state index >= 15 is 0 Å². The number of ether oxygens (including phenoxy) is 1. The Labute approximate surface area is 147 Å². The highest BCUT2D eigenvalue weighted by Crippen LogP contribution is 2.49. The van der Waals surface area contributed by atoms with E-state index in [1.54, 1.807) is 24.3 Å². The Bertz CT molecular complexity index is 798. The highest BCUT2D eigenvalue weighted by molar-refractivity contribution is 5.48. The maximum atomic E-state index is 13.4. The van der Waals surface area contributed by atoms with Crippen LogP contribution < -0.4 is 0 Å². The van der Waals surface area contributed by atoms with Crippen LogP contribution in [-0.2, 0) is 10.3 Å². The molecule has 2 atom stereocenters. The van der Waals surface area contributed by atoms with Gasteiger partial charge in [0, 0.05) is 5.56 Å². The lowest BCUT2D eigenvalue weighted by Gasteiger charge is -2.31. The van der Waals surface area contributed by atoms with Gasteiger partial charge in [0.05, 0.1) is 11.6 Å². The fourth-order valence-corrected chi connectivity index (χ4v) is 3.45. The first-order chi connectivity index (χ1) is 12.0. The molecule has 3 rings (SSSR count). The van der Waals surface area contributed by atoms with Crippen LogP contribution in [0.15, 0.2) is 42.5 Å². The van der Waals surface area contributed by atoms with Crippen LogP contribution in [0.25, 0.3) is 0 Å². The third-order valence-corrected chi connectivity index (χ3v) is 4.64. The Morgan fingerprint density at radius 2 is 1.96 bits per heavy atom. The maximum Gasteiger partial charge on any atom is 0.183 e. The summed E-state index contributed by atoms with van der Waals surface area (Å²) in [6.45, 7) is 0.869. The summed E-state index contributed by atoms with van der Waals surface area (Å²) in [5.74, 6) is -0.314. The van der Waals surface area contributed by atoms with E-state index in [1.165, 1.54) is 12.1 Å². The third kappa shape index (κ3) is 3.29. The van der Waals surface area contributed by atoms with E-state index in [1.807, 2.05) is 20.2 Å². The molecule has 0 amide bonds. The van der Waals surface area contributed by atoms with E-state index in [4.69, 9.17) is 10.00 Å². The van der Waals surface area contributed by atoms with Crippen molar-refractivity contribution in [2.45, 2.75) is 24.7 Å². The summed E-state index contributed by atoms with van der Waals surface area (Å²) in [7, 11) is 4.00. The zero-order valence-corrected chi connectivity index (χ0v) is 14.4. The molecule has 0 saturated carbocycles. The van der Waals surface area contributed by atoms with Crippen LogP contribution in [-0.4, -0.2) is 30.6 Å². The standard InChI is InChI=1S/C20H21FN2O2/c1-23(2)11-3-10-20(15-5-7-16(21)8-6-15)18-9-4-14(13-22)12-17(18)19(24)25-20/h4-9,12,19,24H,3,10-11H2,1-2H3/t19?,20-/m0/s1. The second kappa shape index (κ2) is 6.93. The van der Waals surface area contributed by atoms with E-state index in [-0.39, 0.29) is 5.82 Å². The van der Waals surface area contributed by atoms with Gasteiger partial charge in [-0.1, -0.05) is 18.2 Å². The van der Waals surface area contributed by atoms with E-state index < -0.39 is 11.9 Å². The van der Waals surface area contributed by atoms with Crippen molar-refractivity contribution < 1.29 is 14.2 Å². The zero-order valence-electron chi connectivity index (χ0n) is 14.4. The number of nitrogens with zero attached hydrogens (tertiary/aromatic N) is 2. The number of rotatable bonds is 5. The summed E-state index contributed by atoms with van der Waals surface area (Å²) in [6, 6.07) is 13.5. The zero-order chi connectivity index (χ0) is 18.0. The van der Waals surface area contributed by atoms with Crippen molar-refractivity contribution in [2.75, 3.05) is 20.6 Å². The lowest BCUT2D eigenvalue weighted by molar-refractivity contribution is -0.159. The highest BCUT2D eigenvalue weighted by Gasteiger charge is 2.45. The predicted octanol–water partition coefficient (Wildman–Crippen LogP) is 3.30. The van der Waals surface area contributed by atoms with Crippen molar-refractivity contribution in [3.8, 4) is 6.07 Å². The largest absolute Gasteiger partial charge is 0.364 e. The molecule has 2 aromatic rings. The van der Waals surface area contributed by atoms with Crippen molar-refractivity contribution >= 4 is 0 Å². The van der Waals surface area contributed by atoms with Gasteiger partial charge in [-0.2, -0.15) is 5.26 Å². The molecule has 25 heavy (non-hydrogen) atoms. The molecule has 1 aliphatic rings. The van der Waals surface area contributed by atoms with E-state index in [2.05, 4.69) is 11.0 Å². The first-order valence-electron chi connectivity index (χ1n) is 8.27. The van der Waals surface area contributed by atoms with Crippen LogP contribution in [0.3, 0.4) is 0 Å². The average Bonchev–Trinajstić information content (AvgIpc) is 2.88. The Hall–Kier alpha value is -2.26. The fraction of sp³-hybridized carbons (Fsp3) is 0.350. The minimum Gasteiger partial charge on any atom is -0.364 e. The second-order valence-electron chi connectivity index (χ2n) is 6.62. The van der Waals surface area contributed by atoms with Gasteiger partial charge in [-0.25, -0.2) is 4.39 Å². The van der Waals surface area contributed by atoms with Gasteiger partial charge < -0.3 is 14.7 Å². The van der Waals surface area contributed by atoms with E-state index in [0.29, 0.717) is 17.5 Å². The highest BCUT2D eigenvalue weighted by atomic mass is 19.1. The molecule has 0 radical (unpaired) electrons. The van der Waals surface area contributed by atoms with Crippen LogP contribution in [0, 0.1) is 17.1 Å². The monoisotopic (exact) mass is 340 g/mol. The van der Waals surface area contributed by atoms with Crippen LogP contribution >= 0.6 is 0 Å². The van der Waals surface area contributed by atoms with Gasteiger partial charge in [0.15, 0.2) is 6.29 Å². The molecule has 0 fully saturated rings. The summed E-state index contributed by atoms with van der Waals surface area (Å²) in [6.07, 6.45) is 0.385. The van der Waals surface area contributed by atoms with Gasteiger partial charge in [0.25, 0.3) is 0 Å². The SMILES string of the molecule is CN(C)CCC[C@@]1(c2ccc(F)cc2)OC(O)c2cc(C#N)ccc21. The first-order valence-corrected chi connectivity index (χ1v) is 8.27. The summed E-state index contributed by atoms with van der Waals surface area (Å²) in [5, 5.41) is 19.6. The molecule has 130 valence electrons. The molecular weight excluding hydrogens is 319 g/mol. The number of aliphatic hydroxyl groups excluding tert-OH is 1. The molecule has 0 saturated heterocycles. The molecule has 0 aromatic heterocycles. The number of hydrogen-bond acceptors (Lipinski definition) is 4. The number of fused-ring (bicyclic) bond motifs is 1.